The molecule has 0 aromatic heterocycles. The smallest absolute Gasteiger partial charge is 0.312 e. The van der Waals surface area contributed by atoms with Crippen LogP contribution in [0.3, 0.4) is 0 Å². The number of fused-ring (bicyclic) bond motifs is 1. The highest BCUT2D eigenvalue weighted by molar-refractivity contribution is 7.88. The van der Waals surface area contributed by atoms with Crippen molar-refractivity contribution in [1.82, 2.24) is 9.21 Å². The molecule has 0 spiro atoms. The minimum absolute atomic E-state index is 0.0928. The summed E-state index contributed by atoms with van der Waals surface area (Å²) in [7, 11) is -1.41. The predicted octanol–water partition coefficient (Wildman–Crippen LogP) is -1.11. The second kappa shape index (κ2) is 3.41. The number of hydrogen-bond donors (Lipinski definition) is 1. The van der Waals surface area contributed by atoms with Gasteiger partial charge in [-0.25, -0.2) is 12.7 Å². The van der Waals surface area contributed by atoms with E-state index in [1.165, 1.54) is 4.31 Å². The summed E-state index contributed by atoms with van der Waals surface area (Å²) in [5.74, 6) is -0.974. The van der Waals surface area contributed by atoms with Gasteiger partial charge in [0.05, 0.1) is 11.7 Å². The molecule has 2 saturated heterocycles. The minimum Gasteiger partial charge on any atom is -0.481 e. The second-order valence-electron chi connectivity index (χ2n) is 4.91. The molecule has 7 heteroatoms. The van der Waals surface area contributed by atoms with Gasteiger partial charge in [0.1, 0.15) is 0 Å². The van der Waals surface area contributed by atoms with Crippen LogP contribution in [0.2, 0.25) is 0 Å². The van der Waals surface area contributed by atoms with Crippen molar-refractivity contribution in [3.05, 3.63) is 0 Å². The topological polar surface area (TPSA) is 77.9 Å². The highest BCUT2D eigenvalue weighted by atomic mass is 32.2. The van der Waals surface area contributed by atoms with E-state index in [1.54, 1.807) is 0 Å². The maximum absolute atomic E-state index is 11.4. The standard InChI is InChI=1S/C9H16N2O4S/c1-10-3-7-4-11(16(2,14)15)6-9(7,5-10)8(12)13/h7H,3-6H2,1-2H3,(H,12,13). The molecule has 0 amide bonds. The molecule has 2 fully saturated rings. The summed E-state index contributed by atoms with van der Waals surface area (Å²) in [6.07, 6.45) is 1.13. The van der Waals surface area contributed by atoms with Crippen molar-refractivity contribution in [3.8, 4) is 0 Å². The molecule has 16 heavy (non-hydrogen) atoms. The molecule has 0 bridgehead atoms. The zero-order valence-corrected chi connectivity index (χ0v) is 10.2. The Balaban J connectivity index is 2.30. The molecule has 0 radical (unpaired) electrons. The Morgan fingerprint density at radius 1 is 1.38 bits per heavy atom. The molecule has 1 N–H and O–H groups in total. The Labute approximate surface area is 94.9 Å². The first-order chi connectivity index (χ1) is 7.25. The van der Waals surface area contributed by atoms with E-state index in [2.05, 4.69) is 0 Å². The van der Waals surface area contributed by atoms with E-state index in [-0.39, 0.29) is 12.5 Å². The number of rotatable bonds is 2. The zero-order valence-electron chi connectivity index (χ0n) is 9.38. The molecule has 2 aliphatic heterocycles. The molecule has 92 valence electrons. The first kappa shape index (κ1) is 11.8. The van der Waals surface area contributed by atoms with Crippen LogP contribution < -0.4 is 0 Å². The van der Waals surface area contributed by atoms with Crippen LogP contribution in [0.5, 0.6) is 0 Å². The normalized spacial score (nSPS) is 36.5. The summed E-state index contributed by atoms with van der Waals surface area (Å²) in [6, 6.07) is 0. The maximum atomic E-state index is 11.4. The van der Waals surface area contributed by atoms with Gasteiger partial charge in [-0.15, -0.1) is 0 Å². The molecule has 2 atom stereocenters. The van der Waals surface area contributed by atoms with Crippen molar-refractivity contribution in [2.75, 3.05) is 39.5 Å². The van der Waals surface area contributed by atoms with Gasteiger partial charge in [0, 0.05) is 32.1 Å². The maximum Gasteiger partial charge on any atom is 0.312 e. The average molecular weight is 248 g/mol. The van der Waals surface area contributed by atoms with Crippen LogP contribution >= 0.6 is 0 Å². The van der Waals surface area contributed by atoms with Crippen LogP contribution in [0.1, 0.15) is 0 Å². The number of nitrogens with zero attached hydrogens (tertiary/aromatic N) is 2. The van der Waals surface area contributed by atoms with Gasteiger partial charge >= 0.3 is 5.97 Å². The molecule has 2 aliphatic rings. The fraction of sp³-hybridized carbons (Fsp3) is 0.889. The van der Waals surface area contributed by atoms with Crippen LogP contribution in [0.15, 0.2) is 0 Å². The molecule has 2 heterocycles. The Bertz CT molecular complexity index is 421. The Morgan fingerprint density at radius 3 is 2.44 bits per heavy atom. The third-order valence-corrected chi connectivity index (χ3v) is 4.86. The molecule has 2 unspecified atom stereocenters. The third-order valence-electron chi connectivity index (χ3n) is 3.64. The number of carboxylic acid groups (broad SMARTS) is 1. The van der Waals surface area contributed by atoms with Gasteiger partial charge in [-0.2, -0.15) is 0 Å². The van der Waals surface area contributed by atoms with Crippen LogP contribution in [-0.4, -0.2) is 68.2 Å². The number of carbonyl (C=O) groups is 1. The van der Waals surface area contributed by atoms with Crippen molar-refractivity contribution in [3.63, 3.8) is 0 Å². The Hall–Kier alpha value is -0.660. The van der Waals surface area contributed by atoms with Gasteiger partial charge in [0.15, 0.2) is 0 Å². The number of likely N-dealkylation sites (tertiary alicyclic amines) is 1. The molecule has 0 saturated carbocycles. The van der Waals surface area contributed by atoms with Gasteiger partial charge in [-0.1, -0.05) is 0 Å². The van der Waals surface area contributed by atoms with Gasteiger partial charge < -0.3 is 10.0 Å². The lowest BCUT2D eigenvalue weighted by molar-refractivity contribution is -0.148. The lowest BCUT2D eigenvalue weighted by atomic mass is 9.81. The monoisotopic (exact) mass is 248 g/mol. The predicted molar refractivity (Wildman–Crippen MR) is 57.5 cm³/mol. The first-order valence-electron chi connectivity index (χ1n) is 5.13. The van der Waals surface area contributed by atoms with Gasteiger partial charge in [0.25, 0.3) is 0 Å². The molecule has 2 rings (SSSR count). The minimum atomic E-state index is -3.28. The van der Waals surface area contributed by atoms with Crippen molar-refractivity contribution in [1.29, 1.82) is 0 Å². The van der Waals surface area contributed by atoms with E-state index >= 15 is 0 Å². The highest BCUT2D eigenvalue weighted by Gasteiger charge is 2.58. The van der Waals surface area contributed by atoms with Crippen molar-refractivity contribution < 1.29 is 18.3 Å². The van der Waals surface area contributed by atoms with Crippen LogP contribution in [0.25, 0.3) is 0 Å². The fourth-order valence-electron chi connectivity index (χ4n) is 2.83. The molecule has 0 aromatic carbocycles. The van der Waals surface area contributed by atoms with E-state index in [1.807, 2.05) is 11.9 Å². The van der Waals surface area contributed by atoms with E-state index in [4.69, 9.17) is 0 Å². The molecule has 6 nitrogen and oxygen atoms in total. The molecular weight excluding hydrogens is 232 g/mol. The quantitative estimate of drug-likeness (QED) is 0.671. The summed E-state index contributed by atoms with van der Waals surface area (Å²) in [5, 5.41) is 9.33. The molecule has 0 aliphatic carbocycles. The Morgan fingerprint density at radius 2 is 2.00 bits per heavy atom. The summed E-state index contributed by atoms with van der Waals surface area (Å²) < 4.78 is 24.2. The fourth-order valence-corrected chi connectivity index (χ4v) is 3.74. The number of carboxylic acids is 1. The van der Waals surface area contributed by atoms with E-state index in [0.717, 1.165) is 6.26 Å². The largest absolute Gasteiger partial charge is 0.481 e. The van der Waals surface area contributed by atoms with Crippen LogP contribution in [-0.2, 0) is 14.8 Å². The van der Waals surface area contributed by atoms with Gasteiger partial charge in [0.2, 0.25) is 10.0 Å². The van der Waals surface area contributed by atoms with E-state index in [9.17, 15) is 18.3 Å². The summed E-state index contributed by atoms with van der Waals surface area (Å²) in [5.41, 5.74) is -0.905. The lowest BCUT2D eigenvalue weighted by Crippen LogP contribution is -2.41. The average Bonchev–Trinajstić information content (AvgIpc) is 2.55. The van der Waals surface area contributed by atoms with Crippen LogP contribution in [0, 0.1) is 11.3 Å². The highest BCUT2D eigenvalue weighted by Crippen LogP contribution is 2.42. The summed E-state index contributed by atoms with van der Waals surface area (Å²) in [4.78, 5) is 13.3. The van der Waals surface area contributed by atoms with Crippen molar-refractivity contribution >= 4 is 16.0 Å². The van der Waals surface area contributed by atoms with Crippen LogP contribution in [0.4, 0.5) is 0 Å². The molecule has 0 aromatic rings. The third kappa shape index (κ3) is 1.63. The first-order valence-corrected chi connectivity index (χ1v) is 6.97. The van der Waals surface area contributed by atoms with Crippen molar-refractivity contribution in [2.24, 2.45) is 11.3 Å². The summed E-state index contributed by atoms with van der Waals surface area (Å²) >= 11 is 0. The molecular formula is C9H16N2O4S. The second-order valence-corrected chi connectivity index (χ2v) is 6.89. The van der Waals surface area contributed by atoms with E-state index in [0.29, 0.717) is 19.6 Å². The zero-order chi connectivity index (χ0) is 12.1. The lowest BCUT2D eigenvalue weighted by Gasteiger charge is -2.23. The Kier molecular flexibility index (Phi) is 2.52. The number of hydrogen-bond acceptors (Lipinski definition) is 4. The van der Waals surface area contributed by atoms with Crippen molar-refractivity contribution in [2.45, 2.75) is 0 Å². The van der Waals surface area contributed by atoms with Gasteiger partial charge in [-0.3, -0.25) is 4.79 Å². The summed E-state index contributed by atoms with van der Waals surface area (Å²) in [6.45, 7) is 1.52. The number of sulfonamides is 1. The van der Waals surface area contributed by atoms with Gasteiger partial charge in [-0.05, 0) is 7.05 Å². The van der Waals surface area contributed by atoms with E-state index < -0.39 is 21.4 Å². The number of aliphatic carboxylic acids is 1. The SMILES string of the molecule is CN1CC2CN(S(C)(=O)=O)CC2(C(=O)O)C1.